The SMILES string of the molecule is COc1ccc(-c2noc(C(=O)NC3CCCCCCC3)n2)cc1OC. The molecule has 1 aromatic carbocycles. The fourth-order valence-electron chi connectivity index (χ4n) is 3.26. The second-order valence-electron chi connectivity index (χ2n) is 6.51. The van der Waals surface area contributed by atoms with Crippen molar-refractivity contribution < 1.29 is 18.8 Å². The number of benzene rings is 1. The molecular formula is C19H25N3O4. The summed E-state index contributed by atoms with van der Waals surface area (Å²) in [6.45, 7) is 0. The maximum atomic E-state index is 12.4. The van der Waals surface area contributed by atoms with Crippen molar-refractivity contribution in [3.05, 3.63) is 24.1 Å². The smallest absolute Gasteiger partial charge is 0.316 e. The number of nitrogens with one attached hydrogen (secondary N) is 1. The molecule has 0 radical (unpaired) electrons. The van der Waals surface area contributed by atoms with Gasteiger partial charge in [0.15, 0.2) is 11.5 Å². The number of carbonyl (C=O) groups excluding carboxylic acids is 1. The van der Waals surface area contributed by atoms with Crippen LogP contribution in [0.1, 0.15) is 55.6 Å². The van der Waals surface area contributed by atoms with E-state index in [0.717, 1.165) is 25.7 Å². The van der Waals surface area contributed by atoms with E-state index in [9.17, 15) is 4.79 Å². The fraction of sp³-hybridized carbons (Fsp3) is 0.526. The Bertz CT molecular complexity index is 736. The molecule has 1 amide bonds. The molecule has 7 heteroatoms. The number of hydrogen-bond acceptors (Lipinski definition) is 6. The van der Waals surface area contributed by atoms with Gasteiger partial charge in [-0.1, -0.05) is 37.3 Å². The Hall–Kier alpha value is -2.57. The van der Waals surface area contributed by atoms with Crippen LogP contribution >= 0.6 is 0 Å². The Kier molecular flexibility index (Phi) is 6.09. The summed E-state index contributed by atoms with van der Waals surface area (Å²) >= 11 is 0. The molecule has 0 unspecified atom stereocenters. The third-order valence-electron chi connectivity index (χ3n) is 4.70. The number of amides is 1. The minimum Gasteiger partial charge on any atom is -0.493 e. The average molecular weight is 359 g/mol. The van der Waals surface area contributed by atoms with Gasteiger partial charge in [0.05, 0.1) is 14.2 Å². The van der Waals surface area contributed by atoms with Crippen molar-refractivity contribution in [2.24, 2.45) is 0 Å². The summed E-state index contributed by atoms with van der Waals surface area (Å²) in [5.41, 5.74) is 0.691. The van der Waals surface area contributed by atoms with Crippen LogP contribution in [0.25, 0.3) is 11.4 Å². The van der Waals surface area contributed by atoms with E-state index in [2.05, 4.69) is 15.5 Å². The van der Waals surface area contributed by atoms with Crippen LogP contribution in [0.4, 0.5) is 0 Å². The van der Waals surface area contributed by atoms with Gasteiger partial charge in [-0.25, -0.2) is 0 Å². The van der Waals surface area contributed by atoms with Gasteiger partial charge in [-0.3, -0.25) is 4.79 Å². The molecule has 0 bridgehead atoms. The van der Waals surface area contributed by atoms with Gasteiger partial charge in [0, 0.05) is 11.6 Å². The van der Waals surface area contributed by atoms with Crippen LogP contribution in [0.2, 0.25) is 0 Å². The van der Waals surface area contributed by atoms with Crippen LogP contribution in [0.15, 0.2) is 22.7 Å². The molecule has 0 aliphatic heterocycles. The first kappa shape index (κ1) is 18.2. The zero-order valence-electron chi connectivity index (χ0n) is 15.3. The Morgan fingerprint density at radius 2 is 1.77 bits per heavy atom. The van der Waals surface area contributed by atoms with E-state index < -0.39 is 0 Å². The number of ether oxygens (including phenoxy) is 2. The number of rotatable bonds is 5. The number of hydrogen-bond donors (Lipinski definition) is 1. The van der Waals surface area contributed by atoms with Crippen molar-refractivity contribution in [2.75, 3.05) is 14.2 Å². The zero-order chi connectivity index (χ0) is 18.4. The van der Waals surface area contributed by atoms with Gasteiger partial charge in [0.2, 0.25) is 5.82 Å². The minimum atomic E-state index is -0.310. The van der Waals surface area contributed by atoms with Gasteiger partial charge < -0.3 is 19.3 Å². The lowest BCUT2D eigenvalue weighted by atomic mass is 9.97. The van der Waals surface area contributed by atoms with Crippen LogP contribution in [0, 0.1) is 0 Å². The molecule has 1 aliphatic rings. The van der Waals surface area contributed by atoms with Crippen LogP contribution in [0.3, 0.4) is 0 Å². The number of carbonyl (C=O) groups is 1. The molecule has 1 N–H and O–H groups in total. The van der Waals surface area contributed by atoms with E-state index in [1.54, 1.807) is 32.4 Å². The monoisotopic (exact) mass is 359 g/mol. The van der Waals surface area contributed by atoms with Crippen molar-refractivity contribution in [2.45, 2.75) is 51.0 Å². The molecule has 0 atom stereocenters. The molecule has 2 aromatic rings. The van der Waals surface area contributed by atoms with Crippen molar-refractivity contribution in [3.63, 3.8) is 0 Å². The molecule has 1 aliphatic carbocycles. The summed E-state index contributed by atoms with van der Waals surface area (Å²) in [5.74, 6) is 1.19. The quantitative estimate of drug-likeness (QED) is 0.878. The number of aromatic nitrogens is 2. The topological polar surface area (TPSA) is 86.5 Å². The van der Waals surface area contributed by atoms with Crippen molar-refractivity contribution >= 4 is 5.91 Å². The third-order valence-corrected chi connectivity index (χ3v) is 4.70. The second kappa shape index (κ2) is 8.69. The summed E-state index contributed by atoms with van der Waals surface area (Å²) in [7, 11) is 3.13. The van der Waals surface area contributed by atoms with Crippen LogP contribution in [-0.2, 0) is 0 Å². The lowest BCUT2D eigenvalue weighted by Gasteiger charge is -2.19. The Morgan fingerprint density at radius 1 is 1.08 bits per heavy atom. The lowest BCUT2D eigenvalue weighted by Crippen LogP contribution is -2.35. The largest absolute Gasteiger partial charge is 0.493 e. The molecule has 0 saturated heterocycles. The Balaban J connectivity index is 1.69. The average Bonchev–Trinajstić information content (AvgIpc) is 3.13. The van der Waals surface area contributed by atoms with Crippen LogP contribution in [0.5, 0.6) is 11.5 Å². The molecule has 3 rings (SSSR count). The highest BCUT2D eigenvalue weighted by Crippen LogP contribution is 2.31. The van der Waals surface area contributed by atoms with Gasteiger partial charge in [-0.15, -0.1) is 0 Å². The summed E-state index contributed by atoms with van der Waals surface area (Å²) in [6.07, 6.45) is 8.05. The van der Waals surface area contributed by atoms with Crippen LogP contribution in [-0.4, -0.2) is 36.3 Å². The summed E-state index contributed by atoms with van der Waals surface area (Å²) in [6, 6.07) is 5.49. The Morgan fingerprint density at radius 3 is 2.46 bits per heavy atom. The van der Waals surface area contributed by atoms with Crippen molar-refractivity contribution in [1.82, 2.24) is 15.5 Å². The van der Waals surface area contributed by atoms with Gasteiger partial charge >= 0.3 is 11.8 Å². The first-order chi connectivity index (χ1) is 12.7. The molecule has 1 heterocycles. The maximum absolute atomic E-state index is 12.4. The molecule has 140 valence electrons. The minimum absolute atomic E-state index is 0.0168. The zero-order valence-corrected chi connectivity index (χ0v) is 15.3. The van der Waals surface area contributed by atoms with E-state index >= 15 is 0 Å². The van der Waals surface area contributed by atoms with E-state index in [1.165, 1.54) is 19.3 Å². The molecule has 7 nitrogen and oxygen atoms in total. The number of nitrogens with zero attached hydrogens (tertiary/aromatic N) is 2. The first-order valence-corrected chi connectivity index (χ1v) is 9.08. The standard InChI is InChI=1S/C19H25N3O4/c1-24-15-11-10-13(12-16(15)25-2)17-21-19(26-22-17)18(23)20-14-8-6-4-3-5-7-9-14/h10-12,14H,3-9H2,1-2H3,(H,20,23). The molecule has 0 spiro atoms. The summed E-state index contributed by atoms with van der Waals surface area (Å²) < 4.78 is 15.7. The second-order valence-corrected chi connectivity index (χ2v) is 6.51. The van der Waals surface area contributed by atoms with Crippen LogP contribution < -0.4 is 14.8 Å². The molecule has 1 aromatic heterocycles. The summed E-state index contributed by atoms with van der Waals surface area (Å²) in [5, 5.41) is 6.95. The third kappa shape index (κ3) is 4.33. The highest BCUT2D eigenvalue weighted by Gasteiger charge is 2.21. The van der Waals surface area contributed by atoms with Gasteiger partial charge in [0.1, 0.15) is 0 Å². The van der Waals surface area contributed by atoms with E-state index in [0.29, 0.717) is 22.9 Å². The van der Waals surface area contributed by atoms with E-state index in [1.807, 2.05) is 0 Å². The summed E-state index contributed by atoms with van der Waals surface area (Å²) in [4.78, 5) is 16.7. The predicted octanol–water partition coefficient (Wildman–Crippen LogP) is 3.60. The highest BCUT2D eigenvalue weighted by molar-refractivity contribution is 5.90. The van der Waals surface area contributed by atoms with E-state index in [4.69, 9.17) is 14.0 Å². The molecule has 1 fully saturated rings. The van der Waals surface area contributed by atoms with E-state index in [-0.39, 0.29) is 17.8 Å². The fourth-order valence-corrected chi connectivity index (χ4v) is 3.26. The van der Waals surface area contributed by atoms with Gasteiger partial charge in [0.25, 0.3) is 0 Å². The van der Waals surface area contributed by atoms with Gasteiger partial charge in [-0.2, -0.15) is 4.98 Å². The van der Waals surface area contributed by atoms with Crippen molar-refractivity contribution in [3.8, 4) is 22.9 Å². The Labute approximate surface area is 153 Å². The molecule has 1 saturated carbocycles. The lowest BCUT2D eigenvalue weighted by molar-refractivity contribution is 0.0886. The van der Waals surface area contributed by atoms with Crippen molar-refractivity contribution in [1.29, 1.82) is 0 Å². The maximum Gasteiger partial charge on any atom is 0.316 e. The number of methoxy groups -OCH3 is 2. The first-order valence-electron chi connectivity index (χ1n) is 9.08. The normalized spacial score (nSPS) is 15.8. The molecule has 26 heavy (non-hydrogen) atoms. The van der Waals surface area contributed by atoms with Gasteiger partial charge in [-0.05, 0) is 31.0 Å². The predicted molar refractivity (Wildman–Crippen MR) is 96.4 cm³/mol. The highest BCUT2D eigenvalue weighted by atomic mass is 16.5. The molecular weight excluding hydrogens is 334 g/mol.